The second kappa shape index (κ2) is 5.93. The zero-order chi connectivity index (χ0) is 14.8. The molecule has 1 saturated carbocycles. The first-order chi connectivity index (χ1) is 10.2. The molecule has 0 radical (unpaired) electrons. The molecular formula is C16H17NO3S. The number of carbonyl (C=O) groups is 2. The fourth-order valence-corrected chi connectivity index (χ4v) is 4.20. The molecule has 110 valence electrons. The highest BCUT2D eigenvalue weighted by molar-refractivity contribution is 8.00. The Morgan fingerprint density at radius 1 is 1.24 bits per heavy atom. The van der Waals surface area contributed by atoms with Crippen LogP contribution in [0.15, 0.2) is 36.4 Å². The van der Waals surface area contributed by atoms with Gasteiger partial charge in [-0.1, -0.05) is 30.3 Å². The van der Waals surface area contributed by atoms with Crippen molar-refractivity contribution >= 4 is 29.7 Å². The maximum atomic E-state index is 12.4. The Kier molecular flexibility index (Phi) is 4.01. The topological polar surface area (TPSA) is 57.6 Å². The Labute approximate surface area is 127 Å². The Hall–Kier alpha value is -1.75. The van der Waals surface area contributed by atoms with Gasteiger partial charge in [0.2, 0.25) is 5.91 Å². The molecule has 0 bridgehead atoms. The summed E-state index contributed by atoms with van der Waals surface area (Å²) in [6.07, 6.45) is 5.42. The van der Waals surface area contributed by atoms with Crippen LogP contribution >= 0.6 is 11.8 Å². The van der Waals surface area contributed by atoms with Crippen LogP contribution in [0.4, 0.5) is 0 Å². The van der Waals surface area contributed by atoms with Crippen molar-refractivity contribution in [1.29, 1.82) is 0 Å². The second-order valence-electron chi connectivity index (χ2n) is 5.40. The fourth-order valence-electron chi connectivity index (χ4n) is 2.56. The summed E-state index contributed by atoms with van der Waals surface area (Å²) in [5.41, 5.74) is 0.938. The van der Waals surface area contributed by atoms with E-state index in [-0.39, 0.29) is 11.3 Å². The summed E-state index contributed by atoms with van der Waals surface area (Å²) in [7, 11) is 0. The number of carboxylic acid groups (broad SMARTS) is 1. The van der Waals surface area contributed by atoms with E-state index < -0.39 is 12.0 Å². The minimum absolute atomic E-state index is 0.0269. The van der Waals surface area contributed by atoms with E-state index in [1.54, 1.807) is 22.7 Å². The normalized spacial score (nSPS) is 25.4. The summed E-state index contributed by atoms with van der Waals surface area (Å²) < 4.78 is 0. The first-order valence-corrected chi connectivity index (χ1v) is 8.11. The SMILES string of the molecule is O=C(O)C1CSC(C2CC2)N1C(=O)C=Cc1ccccc1. The number of amides is 1. The molecule has 3 rings (SSSR count). The number of carboxylic acids is 1. The molecule has 21 heavy (non-hydrogen) atoms. The number of hydrogen-bond acceptors (Lipinski definition) is 3. The predicted molar refractivity (Wildman–Crippen MR) is 82.7 cm³/mol. The molecule has 1 amide bonds. The van der Waals surface area contributed by atoms with E-state index in [1.165, 1.54) is 6.08 Å². The molecule has 0 aromatic heterocycles. The van der Waals surface area contributed by atoms with Gasteiger partial charge in [-0.15, -0.1) is 11.8 Å². The summed E-state index contributed by atoms with van der Waals surface area (Å²) in [6, 6.07) is 8.85. The van der Waals surface area contributed by atoms with E-state index in [0.29, 0.717) is 11.7 Å². The number of benzene rings is 1. The Morgan fingerprint density at radius 2 is 1.95 bits per heavy atom. The first kappa shape index (κ1) is 14.2. The molecule has 1 aromatic carbocycles. The van der Waals surface area contributed by atoms with Crippen LogP contribution in [0.1, 0.15) is 18.4 Å². The van der Waals surface area contributed by atoms with Crippen molar-refractivity contribution in [3.63, 3.8) is 0 Å². The standard InChI is InChI=1S/C16H17NO3S/c18-14(9-6-11-4-2-1-3-5-11)17-13(16(19)20)10-21-15(17)12-7-8-12/h1-6,9,12-13,15H,7-8,10H2,(H,19,20). The predicted octanol–water partition coefficient (Wildman–Crippen LogP) is 2.46. The monoisotopic (exact) mass is 303 g/mol. The minimum Gasteiger partial charge on any atom is -0.480 e. The van der Waals surface area contributed by atoms with Crippen molar-refractivity contribution in [1.82, 2.24) is 4.90 Å². The third-order valence-electron chi connectivity index (χ3n) is 3.82. The molecule has 1 N–H and O–H groups in total. The molecule has 1 aliphatic heterocycles. The highest BCUT2D eigenvalue weighted by atomic mass is 32.2. The summed E-state index contributed by atoms with van der Waals surface area (Å²) >= 11 is 1.60. The Balaban J connectivity index is 1.76. The molecule has 5 heteroatoms. The molecular weight excluding hydrogens is 286 g/mol. The van der Waals surface area contributed by atoms with Crippen LogP contribution in [0.25, 0.3) is 6.08 Å². The lowest BCUT2D eigenvalue weighted by Gasteiger charge is -2.26. The van der Waals surface area contributed by atoms with Gasteiger partial charge in [-0.05, 0) is 30.4 Å². The van der Waals surface area contributed by atoms with Gasteiger partial charge in [0.15, 0.2) is 0 Å². The summed E-state index contributed by atoms with van der Waals surface area (Å²) in [6.45, 7) is 0. The number of aliphatic carboxylic acids is 1. The van der Waals surface area contributed by atoms with Crippen LogP contribution in [0.2, 0.25) is 0 Å². The third kappa shape index (κ3) is 3.13. The van der Waals surface area contributed by atoms with Crippen LogP contribution in [0.5, 0.6) is 0 Å². The van der Waals surface area contributed by atoms with Gasteiger partial charge in [-0.3, -0.25) is 4.79 Å². The van der Waals surface area contributed by atoms with E-state index in [2.05, 4.69) is 0 Å². The lowest BCUT2D eigenvalue weighted by molar-refractivity contribution is -0.147. The van der Waals surface area contributed by atoms with E-state index in [0.717, 1.165) is 18.4 Å². The number of rotatable bonds is 4. The van der Waals surface area contributed by atoms with Crippen molar-refractivity contribution in [3.8, 4) is 0 Å². The van der Waals surface area contributed by atoms with Crippen LogP contribution < -0.4 is 0 Å². The van der Waals surface area contributed by atoms with E-state index >= 15 is 0 Å². The lowest BCUT2D eigenvalue weighted by Crippen LogP contribution is -2.45. The zero-order valence-electron chi connectivity index (χ0n) is 11.5. The van der Waals surface area contributed by atoms with Gasteiger partial charge in [0.1, 0.15) is 6.04 Å². The maximum Gasteiger partial charge on any atom is 0.327 e. The van der Waals surface area contributed by atoms with Crippen LogP contribution in [-0.2, 0) is 9.59 Å². The lowest BCUT2D eigenvalue weighted by atomic mass is 10.2. The fraction of sp³-hybridized carbons (Fsp3) is 0.375. The molecule has 1 saturated heterocycles. The van der Waals surface area contributed by atoms with Gasteiger partial charge in [0.25, 0.3) is 0 Å². The average Bonchev–Trinajstić information content (AvgIpc) is 3.24. The number of carbonyl (C=O) groups excluding carboxylic acids is 1. The summed E-state index contributed by atoms with van der Waals surface area (Å²) in [4.78, 5) is 25.3. The van der Waals surface area contributed by atoms with Gasteiger partial charge in [0.05, 0.1) is 5.37 Å². The summed E-state index contributed by atoms with van der Waals surface area (Å²) in [5, 5.41) is 9.33. The first-order valence-electron chi connectivity index (χ1n) is 7.06. The molecule has 2 atom stereocenters. The molecule has 2 fully saturated rings. The highest BCUT2D eigenvalue weighted by Gasteiger charge is 2.47. The van der Waals surface area contributed by atoms with Gasteiger partial charge in [-0.2, -0.15) is 0 Å². The van der Waals surface area contributed by atoms with E-state index in [1.807, 2.05) is 30.3 Å². The van der Waals surface area contributed by atoms with Crippen molar-refractivity contribution in [2.75, 3.05) is 5.75 Å². The Bertz CT molecular complexity index is 568. The maximum absolute atomic E-state index is 12.4. The van der Waals surface area contributed by atoms with E-state index in [9.17, 15) is 14.7 Å². The summed E-state index contributed by atoms with van der Waals surface area (Å²) in [5.74, 6) is -0.157. The van der Waals surface area contributed by atoms with Crippen molar-refractivity contribution in [2.45, 2.75) is 24.3 Å². The smallest absolute Gasteiger partial charge is 0.327 e. The van der Waals surface area contributed by atoms with E-state index in [4.69, 9.17) is 0 Å². The number of nitrogens with zero attached hydrogens (tertiary/aromatic N) is 1. The van der Waals surface area contributed by atoms with Gasteiger partial charge >= 0.3 is 5.97 Å². The van der Waals surface area contributed by atoms with Crippen molar-refractivity contribution < 1.29 is 14.7 Å². The van der Waals surface area contributed by atoms with Gasteiger partial charge in [-0.25, -0.2) is 4.79 Å². The average molecular weight is 303 g/mol. The molecule has 0 spiro atoms. The zero-order valence-corrected chi connectivity index (χ0v) is 12.3. The largest absolute Gasteiger partial charge is 0.480 e. The number of thioether (sulfide) groups is 1. The third-order valence-corrected chi connectivity index (χ3v) is 5.28. The van der Waals surface area contributed by atoms with Crippen molar-refractivity contribution in [3.05, 3.63) is 42.0 Å². The Morgan fingerprint density at radius 3 is 2.57 bits per heavy atom. The second-order valence-corrected chi connectivity index (χ2v) is 6.55. The molecule has 1 heterocycles. The highest BCUT2D eigenvalue weighted by Crippen LogP contribution is 2.45. The van der Waals surface area contributed by atoms with Gasteiger partial charge in [0, 0.05) is 11.8 Å². The molecule has 2 aliphatic rings. The molecule has 1 aliphatic carbocycles. The quantitative estimate of drug-likeness (QED) is 0.868. The van der Waals surface area contributed by atoms with Crippen molar-refractivity contribution in [2.24, 2.45) is 5.92 Å². The molecule has 1 aromatic rings. The molecule has 4 nitrogen and oxygen atoms in total. The number of hydrogen-bond donors (Lipinski definition) is 1. The van der Waals surface area contributed by atoms with Crippen LogP contribution in [-0.4, -0.2) is 39.1 Å². The molecule has 2 unspecified atom stereocenters. The minimum atomic E-state index is -0.910. The van der Waals surface area contributed by atoms with Crippen LogP contribution in [0.3, 0.4) is 0 Å². The van der Waals surface area contributed by atoms with Gasteiger partial charge < -0.3 is 10.0 Å². The van der Waals surface area contributed by atoms with Crippen LogP contribution in [0, 0.1) is 5.92 Å².